The van der Waals surface area contributed by atoms with Crippen LogP contribution in [0.3, 0.4) is 0 Å². The Kier molecular flexibility index (Phi) is 3.86. The van der Waals surface area contributed by atoms with Crippen molar-refractivity contribution in [3.05, 3.63) is 0 Å². The van der Waals surface area contributed by atoms with Gasteiger partial charge in [0.25, 0.3) is 0 Å². The Balaban J connectivity index is 2.29. The number of carbonyl (C=O) groups excluding carboxylic acids is 1. The van der Waals surface area contributed by atoms with E-state index >= 15 is 0 Å². The second-order valence-electron chi connectivity index (χ2n) is 3.62. The molecule has 0 spiro atoms. The van der Waals surface area contributed by atoms with Gasteiger partial charge in [0.1, 0.15) is 11.7 Å². The number of ether oxygens (including phenoxy) is 2. The SMILES string of the molecule is COC(C)C(=O)NCC1(O)CCOC1. The highest BCUT2D eigenvalue weighted by Gasteiger charge is 2.32. The van der Waals surface area contributed by atoms with Gasteiger partial charge in [-0.1, -0.05) is 0 Å². The van der Waals surface area contributed by atoms with Crippen molar-refractivity contribution in [3.63, 3.8) is 0 Å². The lowest BCUT2D eigenvalue weighted by Gasteiger charge is -2.21. The summed E-state index contributed by atoms with van der Waals surface area (Å²) in [5, 5.41) is 12.4. The highest BCUT2D eigenvalue weighted by Crippen LogP contribution is 2.16. The number of amides is 1. The van der Waals surface area contributed by atoms with Gasteiger partial charge in [0.05, 0.1) is 6.61 Å². The average molecular weight is 203 g/mol. The molecule has 2 N–H and O–H groups in total. The molecular formula is C9H17NO4. The van der Waals surface area contributed by atoms with Gasteiger partial charge in [-0.05, 0) is 6.92 Å². The molecule has 1 aliphatic heterocycles. The summed E-state index contributed by atoms with van der Waals surface area (Å²) in [4.78, 5) is 11.3. The fourth-order valence-electron chi connectivity index (χ4n) is 1.24. The monoisotopic (exact) mass is 203 g/mol. The van der Waals surface area contributed by atoms with E-state index in [4.69, 9.17) is 9.47 Å². The zero-order valence-electron chi connectivity index (χ0n) is 8.58. The Morgan fingerprint density at radius 2 is 2.50 bits per heavy atom. The number of rotatable bonds is 4. The van der Waals surface area contributed by atoms with Crippen molar-refractivity contribution in [1.82, 2.24) is 5.32 Å². The van der Waals surface area contributed by atoms with Gasteiger partial charge in [-0.15, -0.1) is 0 Å². The molecule has 5 nitrogen and oxygen atoms in total. The van der Waals surface area contributed by atoms with E-state index in [1.165, 1.54) is 7.11 Å². The lowest BCUT2D eigenvalue weighted by molar-refractivity contribution is -0.131. The fraction of sp³-hybridized carbons (Fsp3) is 0.889. The van der Waals surface area contributed by atoms with Gasteiger partial charge in [0.2, 0.25) is 5.91 Å². The second-order valence-corrected chi connectivity index (χ2v) is 3.62. The van der Waals surface area contributed by atoms with Crippen LogP contribution in [0.15, 0.2) is 0 Å². The molecular weight excluding hydrogens is 186 g/mol. The number of aliphatic hydroxyl groups is 1. The Labute approximate surface area is 83.4 Å². The van der Waals surface area contributed by atoms with Crippen LogP contribution in [0.25, 0.3) is 0 Å². The van der Waals surface area contributed by atoms with Crippen molar-refractivity contribution in [2.45, 2.75) is 25.0 Å². The van der Waals surface area contributed by atoms with E-state index in [0.29, 0.717) is 13.0 Å². The van der Waals surface area contributed by atoms with Crippen LogP contribution in [0.4, 0.5) is 0 Å². The molecule has 0 aromatic rings. The van der Waals surface area contributed by atoms with Crippen LogP contribution >= 0.6 is 0 Å². The minimum Gasteiger partial charge on any atom is -0.386 e. The Morgan fingerprint density at radius 1 is 1.79 bits per heavy atom. The highest BCUT2D eigenvalue weighted by atomic mass is 16.5. The number of hydrogen-bond donors (Lipinski definition) is 2. The molecule has 1 saturated heterocycles. The van der Waals surface area contributed by atoms with E-state index in [9.17, 15) is 9.90 Å². The van der Waals surface area contributed by atoms with Gasteiger partial charge in [-0.3, -0.25) is 4.79 Å². The predicted molar refractivity (Wildman–Crippen MR) is 49.9 cm³/mol. The van der Waals surface area contributed by atoms with Crippen molar-refractivity contribution < 1.29 is 19.4 Å². The van der Waals surface area contributed by atoms with Gasteiger partial charge in [-0.25, -0.2) is 0 Å². The average Bonchev–Trinajstić information content (AvgIpc) is 2.61. The first kappa shape index (κ1) is 11.4. The summed E-state index contributed by atoms with van der Waals surface area (Å²) in [6.07, 6.45) is 0.0789. The topological polar surface area (TPSA) is 67.8 Å². The minimum atomic E-state index is -0.900. The zero-order valence-corrected chi connectivity index (χ0v) is 8.58. The lowest BCUT2D eigenvalue weighted by atomic mass is 10.0. The first-order valence-electron chi connectivity index (χ1n) is 4.68. The van der Waals surface area contributed by atoms with Crippen LogP contribution < -0.4 is 5.32 Å². The largest absolute Gasteiger partial charge is 0.386 e. The molecule has 0 aromatic carbocycles. The molecule has 82 valence electrons. The van der Waals surface area contributed by atoms with Gasteiger partial charge in [0, 0.05) is 26.7 Å². The van der Waals surface area contributed by atoms with Crippen molar-refractivity contribution in [3.8, 4) is 0 Å². The smallest absolute Gasteiger partial charge is 0.248 e. The van der Waals surface area contributed by atoms with Crippen LogP contribution in [-0.4, -0.2) is 49.6 Å². The van der Waals surface area contributed by atoms with Crippen LogP contribution in [0.2, 0.25) is 0 Å². The number of nitrogens with one attached hydrogen (secondary N) is 1. The number of carbonyl (C=O) groups is 1. The number of hydrogen-bond acceptors (Lipinski definition) is 4. The van der Waals surface area contributed by atoms with Crippen LogP contribution in [0, 0.1) is 0 Å². The van der Waals surface area contributed by atoms with Crippen LogP contribution in [0.1, 0.15) is 13.3 Å². The Hall–Kier alpha value is -0.650. The maximum Gasteiger partial charge on any atom is 0.248 e. The molecule has 2 atom stereocenters. The molecule has 0 aliphatic carbocycles. The summed E-state index contributed by atoms with van der Waals surface area (Å²) >= 11 is 0. The third kappa shape index (κ3) is 2.94. The summed E-state index contributed by atoms with van der Waals surface area (Å²) in [5.41, 5.74) is -0.900. The van der Waals surface area contributed by atoms with E-state index in [-0.39, 0.29) is 19.1 Å². The highest BCUT2D eigenvalue weighted by molar-refractivity contribution is 5.80. The first-order valence-corrected chi connectivity index (χ1v) is 4.68. The minimum absolute atomic E-state index is 0.215. The van der Waals surface area contributed by atoms with Crippen molar-refractivity contribution in [1.29, 1.82) is 0 Å². The van der Waals surface area contributed by atoms with E-state index in [1.807, 2.05) is 0 Å². The van der Waals surface area contributed by atoms with Gasteiger partial charge in [-0.2, -0.15) is 0 Å². The lowest BCUT2D eigenvalue weighted by Crippen LogP contribution is -2.46. The van der Waals surface area contributed by atoms with E-state index in [1.54, 1.807) is 6.92 Å². The molecule has 1 fully saturated rings. The molecule has 1 aliphatic rings. The van der Waals surface area contributed by atoms with Gasteiger partial charge in [0.15, 0.2) is 0 Å². The zero-order chi connectivity index (χ0) is 10.6. The third-order valence-corrected chi connectivity index (χ3v) is 2.40. The number of methoxy groups -OCH3 is 1. The molecule has 1 heterocycles. The summed E-state index contributed by atoms with van der Waals surface area (Å²) < 4.78 is 9.88. The molecule has 0 bridgehead atoms. The molecule has 14 heavy (non-hydrogen) atoms. The molecule has 0 aromatic heterocycles. The van der Waals surface area contributed by atoms with Crippen LogP contribution in [0.5, 0.6) is 0 Å². The van der Waals surface area contributed by atoms with Gasteiger partial charge >= 0.3 is 0 Å². The summed E-state index contributed by atoms with van der Waals surface area (Å²) in [6.45, 7) is 2.71. The van der Waals surface area contributed by atoms with Crippen molar-refractivity contribution >= 4 is 5.91 Å². The van der Waals surface area contributed by atoms with E-state index in [2.05, 4.69) is 5.32 Å². The van der Waals surface area contributed by atoms with Crippen molar-refractivity contribution in [2.75, 3.05) is 26.9 Å². The van der Waals surface area contributed by atoms with E-state index in [0.717, 1.165) is 0 Å². The van der Waals surface area contributed by atoms with E-state index < -0.39 is 11.7 Å². The molecule has 0 radical (unpaired) electrons. The summed E-state index contributed by atoms with van der Waals surface area (Å²) in [6, 6.07) is 0. The molecule has 1 amide bonds. The third-order valence-electron chi connectivity index (χ3n) is 2.40. The maximum atomic E-state index is 11.3. The molecule has 0 saturated carbocycles. The fourth-order valence-corrected chi connectivity index (χ4v) is 1.24. The quantitative estimate of drug-likeness (QED) is 0.633. The predicted octanol–water partition coefficient (Wildman–Crippen LogP) is -0.711. The maximum absolute atomic E-state index is 11.3. The standard InChI is InChI=1S/C9H17NO4/c1-7(13-2)8(11)10-5-9(12)3-4-14-6-9/h7,12H,3-6H2,1-2H3,(H,10,11). The Bertz CT molecular complexity index is 201. The normalized spacial score (nSPS) is 28.8. The Morgan fingerprint density at radius 3 is 3.00 bits per heavy atom. The molecule has 1 rings (SSSR count). The second kappa shape index (κ2) is 4.72. The summed E-state index contributed by atoms with van der Waals surface area (Å²) in [5.74, 6) is -0.215. The first-order chi connectivity index (χ1) is 6.57. The van der Waals surface area contributed by atoms with Crippen LogP contribution in [-0.2, 0) is 14.3 Å². The molecule has 5 heteroatoms. The molecule has 2 unspecified atom stereocenters. The summed E-state index contributed by atoms with van der Waals surface area (Å²) in [7, 11) is 1.47. The van der Waals surface area contributed by atoms with Crippen molar-refractivity contribution in [2.24, 2.45) is 0 Å². The van der Waals surface area contributed by atoms with Gasteiger partial charge < -0.3 is 19.9 Å².